The van der Waals surface area contributed by atoms with Gasteiger partial charge < -0.3 is 19.6 Å². The quantitative estimate of drug-likeness (QED) is 0.643. The highest BCUT2D eigenvalue weighted by molar-refractivity contribution is 5.85. The summed E-state index contributed by atoms with van der Waals surface area (Å²) in [5.74, 6) is 0.746. The molecule has 4 atom stereocenters. The van der Waals surface area contributed by atoms with Crippen LogP contribution >= 0.6 is 0 Å². The van der Waals surface area contributed by atoms with Crippen LogP contribution < -0.4 is 10.4 Å². The first-order chi connectivity index (χ1) is 14.4. The fourth-order valence-corrected chi connectivity index (χ4v) is 3.91. The maximum Gasteiger partial charge on any atom is 0.351 e. The van der Waals surface area contributed by atoms with Gasteiger partial charge in [-0.05, 0) is 37.5 Å². The number of aliphatic hydroxyl groups is 1. The summed E-state index contributed by atoms with van der Waals surface area (Å²) in [7, 11) is 0. The van der Waals surface area contributed by atoms with E-state index >= 15 is 0 Å². The van der Waals surface area contributed by atoms with Crippen molar-refractivity contribution in [1.82, 2.24) is 14.5 Å². The van der Waals surface area contributed by atoms with Crippen LogP contribution in [-0.2, 0) is 4.74 Å². The Morgan fingerprint density at radius 1 is 1.37 bits per heavy atom. The lowest BCUT2D eigenvalue weighted by atomic mass is 10.0. The highest BCUT2D eigenvalue weighted by Crippen LogP contribution is 2.35. The molecule has 1 saturated heterocycles. The van der Waals surface area contributed by atoms with Crippen molar-refractivity contribution >= 4 is 11.0 Å². The number of fused-ring (bicyclic) bond motifs is 1. The molecule has 7 nitrogen and oxygen atoms in total. The van der Waals surface area contributed by atoms with Crippen LogP contribution in [-0.4, -0.2) is 44.6 Å². The Kier molecular flexibility index (Phi) is 5.62. The lowest BCUT2D eigenvalue weighted by molar-refractivity contribution is -0.0277. The van der Waals surface area contributed by atoms with E-state index < -0.39 is 30.3 Å². The number of rotatable bonds is 6. The van der Waals surface area contributed by atoms with E-state index in [4.69, 9.17) is 9.47 Å². The Labute approximate surface area is 173 Å². The summed E-state index contributed by atoms with van der Waals surface area (Å²) in [5.41, 5.74) is 2.43. The zero-order chi connectivity index (χ0) is 21.4. The van der Waals surface area contributed by atoms with E-state index in [0.29, 0.717) is 24.1 Å². The molecule has 0 amide bonds. The zero-order valence-electron chi connectivity index (χ0n) is 17.3. The van der Waals surface area contributed by atoms with Gasteiger partial charge in [0, 0.05) is 17.1 Å². The molecule has 4 unspecified atom stereocenters. The van der Waals surface area contributed by atoms with Crippen molar-refractivity contribution in [3.63, 3.8) is 0 Å². The molecule has 0 saturated carbocycles. The summed E-state index contributed by atoms with van der Waals surface area (Å²) in [6.45, 7) is 6.42. The second-order valence-corrected chi connectivity index (χ2v) is 7.62. The average molecular weight is 415 g/mol. The Bertz CT molecular complexity index is 1110. The molecule has 1 aliphatic heterocycles. The number of nitrogens with one attached hydrogen (secondary N) is 1. The number of aromatic nitrogens is 3. The van der Waals surface area contributed by atoms with Crippen molar-refractivity contribution in [2.24, 2.45) is 0 Å². The number of ether oxygens (including phenoxy) is 2. The number of aliphatic hydroxyl groups excluding tert-OH is 1. The highest BCUT2D eigenvalue weighted by atomic mass is 19.1. The van der Waals surface area contributed by atoms with Gasteiger partial charge in [0.05, 0.1) is 18.4 Å². The summed E-state index contributed by atoms with van der Waals surface area (Å²) in [5, 5.41) is 10.7. The van der Waals surface area contributed by atoms with Crippen molar-refractivity contribution < 1.29 is 19.0 Å². The summed E-state index contributed by atoms with van der Waals surface area (Å²) < 4.78 is 27.2. The second-order valence-electron chi connectivity index (χ2n) is 7.62. The van der Waals surface area contributed by atoms with E-state index in [1.807, 2.05) is 38.1 Å². The van der Waals surface area contributed by atoms with Crippen molar-refractivity contribution in [2.75, 3.05) is 6.61 Å². The number of aromatic amines is 1. The van der Waals surface area contributed by atoms with Gasteiger partial charge in [-0.15, -0.1) is 0 Å². The predicted molar refractivity (Wildman–Crippen MR) is 111 cm³/mol. The van der Waals surface area contributed by atoms with Gasteiger partial charge in [-0.1, -0.05) is 26.0 Å². The van der Waals surface area contributed by atoms with Crippen LogP contribution in [0.25, 0.3) is 22.3 Å². The van der Waals surface area contributed by atoms with Crippen molar-refractivity contribution in [3.05, 3.63) is 46.5 Å². The predicted octanol–water partition coefficient (Wildman–Crippen LogP) is 3.50. The van der Waals surface area contributed by atoms with Gasteiger partial charge in [0.25, 0.3) is 0 Å². The molecule has 8 heteroatoms. The first kappa shape index (κ1) is 20.6. The summed E-state index contributed by atoms with van der Waals surface area (Å²) in [6, 6.07) is 7.68. The minimum absolute atomic E-state index is 0.400. The van der Waals surface area contributed by atoms with Crippen LogP contribution in [0.3, 0.4) is 0 Å². The molecule has 1 fully saturated rings. The summed E-state index contributed by atoms with van der Waals surface area (Å²) in [4.78, 5) is 19.8. The maximum absolute atomic E-state index is 14.6. The van der Waals surface area contributed by atoms with Gasteiger partial charge in [-0.2, -0.15) is 4.98 Å². The lowest BCUT2D eigenvalue weighted by Crippen LogP contribution is -2.32. The fraction of sp³-hybridized carbons (Fsp3) is 0.455. The number of nitrogens with zero attached hydrogens (tertiary/aromatic N) is 2. The van der Waals surface area contributed by atoms with Crippen molar-refractivity contribution in [1.29, 1.82) is 0 Å². The van der Waals surface area contributed by atoms with E-state index in [1.54, 1.807) is 6.92 Å². The highest BCUT2D eigenvalue weighted by Gasteiger charge is 2.44. The van der Waals surface area contributed by atoms with Crippen LogP contribution in [0.1, 0.15) is 38.5 Å². The molecule has 0 spiro atoms. The molecule has 3 heterocycles. The third-order valence-electron chi connectivity index (χ3n) is 5.47. The molecule has 0 aliphatic carbocycles. The number of alkyl halides is 1. The van der Waals surface area contributed by atoms with Gasteiger partial charge in [-0.3, -0.25) is 4.57 Å². The molecule has 2 N–H and O–H groups in total. The third kappa shape index (κ3) is 3.50. The number of H-pyrrole nitrogens is 1. The SMILES string of the molecule is CCCOc1cccc(C)c1-c1cc2cn(C3OC(CC)C(O)C3F)c(=O)nc2[nH]1. The van der Waals surface area contributed by atoms with Crippen LogP contribution in [0.5, 0.6) is 5.75 Å². The minimum atomic E-state index is -1.70. The van der Waals surface area contributed by atoms with Crippen LogP contribution in [0, 0.1) is 6.92 Å². The molecule has 2 aromatic heterocycles. The van der Waals surface area contributed by atoms with Crippen molar-refractivity contribution in [2.45, 2.75) is 58.2 Å². The van der Waals surface area contributed by atoms with E-state index in [1.165, 1.54) is 6.20 Å². The Morgan fingerprint density at radius 3 is 2.87 bits per heavy atom. The van der Waals surface area contributed by atoms with Gasteiger partial charge in [0.15, 0.2) is 12.4 Å². The largest absolute Gasteiger partial charge is 0.493 e. The molecule has 160 valence electrons. The van der Waals surface area contributed by atoms with Gasteiger partial charge in [-0.25, -0.2) is 9.18 Å². The molecule has 1 aromatic carbocycles. The first-order valence-electron chi connectivity index (χ1n) is 10.3. The number of benzene rings is 1. The number of hydrogen-bond acceptors (Lipinski definition) is 5. The number of hydrogen-bond donors (Lipinski definition) is 2. The lowest BCUT2D eigenvalue weighted by Gasteiger charge is -2.15. The molecule has 3 aromatic rings. The molecule has 30 heavy (non-hydrogen) atoms. The number of halogens is 1. The van der Waals surface area contributed by atoms with E-state index in [-0.39, 0.29) is 0 Å². The Hall–Kier alpha value is -2.71. The smallest absolute Gasteiger partial charge is 0.351 e. The molecular weight excluding hydrogens is 389 g/mol. The zero-order valence-corrected chi connectivity index (χ0v) is 17.3. The Morgan fingerprint density at radius 2 is 2.17 bits per heavy atom. The normalized spacial score (nSPS) is 23.9. The summed E-state index contributed by atoms with van der Waals surface area (Å²) >= 11 is 0. The van der Waals surface area contributed by atoms with E-state index in [0.717, 1.165) is 33.6 Å². The molecule has 0 bridgehead atoms. The van der Waals surface area contributed by atoms with E-state index in [9.17, 15) is 14.3 Å². The standard InChI is InChI=1S/C22H26FN3O4/c1-4-9-29-16-8-6-7-12(3)17(16)14-10-13-11-26(22(28)25-20(13)24-14)21-18(23)19(27)15(5-2)30-21/h6-8,10-11,15,18-19,21,27H,4-5,9H2,1-3H3,(H,24,25,28). The molecule has 0 radical (unpaired) electrons. The number of aryl methyl sites for hydroxylation is 1. The van der Waals surface area contributed by atoms with Gasteiger partial charge >= 0.3 is 5.69 Å². The molecule has 4 rings (SSSR count). The molecule has 1 aliphatic rings. The Balaban J connectivity index is 1.76. The topological polar surface area (TPSA) is 89.4 Å². The third-order valence-corrected chi connectivity index (χ3v) is 5.47. The van der Waals surface area contributed by atoms with Crippen LogP contribution in [0.2, 0.25) is 0 Å². The van der Waals surface area contributed by atoms with Gasteiger partial charge in [0.1, 0.15) is 17.5 Å². The maximum atomic E-state index is 14.6. The monoisotopic (exact) mass is 415 g/mol. The van der Waals surface area contributed by atoms with E-state index in [2.05, 4.69) is 9.97 Å². The van der Waals surface area contributed by atoms with Crippen LogP contribution in [0.15, 0.2) is 35.3 Å². The average Bonchev–Trinajstić information content (AvgIpc) is 3.26. The fourth-order valence-electron chi connectivity index (χ4n) is 3.91. The molecular formula is C22H26FN3O4. The summed E-state index contributed by atoms with van der Waals surface area (Å²) in [6.07, 6.45) is -1.96. The first-order valence-corrected chi connectivity index (χ1v) is 10.3. The second kappa shape index (κ2) is 8.20. The van der Waals surface area contributed by atoms with Gasteiger partial charge in [0.2, 0.25) is 0 Å². The van der Waals surface area contributed by atoms with Crippen molar-refractivity contribution in [3.8, 4) is 17.0 Å². The minimum Gasteiger partial charge on any atom is -0.493 e. The van der Waals surface area contributed by atoms with Crippen LogP contribution in [0.4, 0.5) is 4.39 Å².